The van der Waals surface area contributed by atoms with Crippen LogP contribution >= 0.6 is 0 Å². The Morgan fingerprint density at radius 2 is 2.00 bits per heavy atom. The molecule has 1 saturated heterocycles. The number of amides is 1. The lowest BCUT2D eigenvalue weighted by atomic mass is 9.96. The van der Waals surface area contributed by atoms with E-state index in [0.717, 1.165) is 5.56 Å². The number of hydrogen-bond donors (Lipinski definition) is 1. The first-order valence-electron chi connectivity index (χ1n) is 7.20. The fourth-order valence-electron chi connectivity index (χ4n) is 2.80. The second kappa shape index (κ2) is 7.21. The number of nitrogens with one attached hydrogen (secondary N) is 1. The third-order valence-electron chi connectivity index (χ3n) is 3.96. The first kappa shape index (κ1) is 16.9. The van der Waals surface area contributed by atoms with Crippen molar-refractivity contribution >= 4 is 15.9 Å². The maximum atomic E-state index is 12.6. The second-order valence-electron chi connectivity index (χ2n) is 5.49. The van der Waals surface area contributed by atoms with E-state index >= 15 is 0 Å². The van der Waals surface area contributed by atoms with Gasteiger partial charge in [0, 0.05) is 33.2 Å². The van der Waals surface area contributed by atoms with Crippen LogP contribution in [0, 0.1) is 11.8 Å². The van der Waals surface area contributed by atoms with E-state index in [1.54, 1.807) is 26.3 Å². The summed E-state index contributed by atoms with van der Waals surface area (Å²) in [6.45, 7) is 0.902. The summed E-state index contributed by atoms with van der Waals surface area (Å²) < 4.78 is 31.7. The molecule has 6 nitrogen and oxygen atoms in total. The molecule has 0 bridgehead atoms. The van der Waals surface area contributed by atoms with Crippen LogP contribution in [0.15, 0.2) is 30.3 Å². The molecular formula is C15H22N2O4S. The van der Waals surface area contributed by atoms with E-state index < -0.39 is 10.0 Å². The van der Waals surface area contributed by atoms with E-state index in [9.17, 15) is 13.2 Å². The maximum Gasteiger partial charge on any atom is 0.224 e. The summed E-state index contributed by atoms with van der Waals surface area (Å²) in [5.41, 5.74) is 0.745. The Morgan fingerprint density at radius 1 is 1.32 bits per heavy atom. The van der Waals surface area contributed by atoms with Gasteiger partial charge in [-0.2, -0.15) is 0 Å². The first-order chi connectivity index (χ1) is 10.5. The topological polar surface area (TPSA) is 75.7 Å². The second-order valence-corrected chi connectivity index (χ2v) is 7.46. The highest BCUT2D eigenvalue weighted by molar-refractivity contribution is 7.88. The van der Waals surface area contributed by atoms with Crippen molar-refractivity contribution in [2.45, 2.75) is 5.75 Å². The van der Waals surface area contributed by atoms with E-state index in [0.29, 0.717) is 13.2 Å². The molecule has 122 valence electrons. The zero-order chi connectivity index (χ0) is 16.2. The highest BCUT2D eigenvalue weighted by atomic mass is 32.2. The van der Waals surface area contributed by atoms with Gasteiger partial charge in [0.15, 0.2) is 0 Å². The van der Waals surface area contributed by atoms with E-state index in [1.807, 2.05) is 18.2 Å². The number of ether oxygens (including phenoxy) is 1. The minimum atomic E-state index is -3.44. The van der Waals surface area contributed by atoms with Crippen molar-refractivity contribution < 1.29 is 17.9 Å². The van der Waals surface area contributed by atoms with E-state index in [1.165, 1.54) is 4.31 Å². The van der Waals surface area contributed by atoms with Crippen molar-refractivity contribution in [2.24, 2.45) is 11.8 Å². The van der Waals surface area contributed by atoms with Crippen molar-refractivity contribution in [2.75, 3.05) is 33.9 Å². The minimum absolute atomic E-state index is 0.0476. The number of rotatable bonds is 6. The summed E-state index contributed by atoms with van der Waals surface area (Å²) in [4.78, 5) is 11.9. The molecule has 0 aromatic heterocycles. The number of hydrogen-bond acceptors (Lipinski definition) is 4. The maximum absolute atomic E-state index is 12.6. The van der Waals surface area contributed by atoms with Crippen molar-refractivity contribution in [3.8, 4) is 0 Å². The van der Waals surface area contributed by atoms with Crippen molar-refractivity contribution in [3.63, 3.8) is 0 Å². The van der Waals surface area contributed by atoms with Crippen LogP contribution in [0.5, 0.6) is 0 Å². The van der Waals surface area contributed by atoms with Gasteiger partial charge in [-0.25, -0.2) is 12.7 Å². The third kappa shape index (κ3) is 3.85. The van der Waals surface area contributed by atoms with E-state index in [2.05, 4.69) is 5.32 Å². The fraction of sp³-hybridized carbons (Fsp3) is 0.533. The van der Waals surface area contributed by atoms with Crippen LogP contribution in [0.2, 0.25) is 0 Å². The molecule has 7 heteroatoms. The van der Waals surface area contributed by atoms with Crippen LogP contribution in [0.3, 0.4) is 0 Å². The van der Waals surface area contributed by atoms with Crippen molar-refractivity contribution in [1.82, 2.24) is 9.62 Å². The van der Waals surface area contributed by atoms with Crippen LogP contribution in [-0.2, 0) is 25.3 Å². The Balaban J connectivity index is 2.13. The van der Waals surface area contributed by atoms with Gasteiger partial charge in [-0.15, -0.1) is 0 Å². The standard InChI is InChI=1S/C15H22N2O4S/c1-16-15(18)14-9-17(8-13(14)10-21-2)22(19,20)11-12-6-4-3-5-7-12/h3-7,13-14H,8-11H2,1-2H3,(H,16,18)/t13-,14+/m0/s1. The molecule has 1 fully saturated rings. The van der Waals surface area contributed by atoms with Gasteiger partial charge in [-0.05, 0) is 5.56 Å². The molecule has 1 N–H and O–H groups in total. The Labute approximate surface area is 131 Å². The summed E-state index contributed by atoms with van der Waals surface area (Å²) >= 11 is 0. The molecule has 0 unspecified atom stereocenters. The molecule has 0 spiro atoms. The lowest BCUT2D eigenvalue weighted by Crippen LogP contribution is -2.34. The van der Waals surface area contributed by atoms with Gasteiger partial charge in [0.05, 0.1) is 18.3 Å². The average molecular weight is 326 g/mol. The van der Waals surface area contributed by atoms with Gasteiger partial charge < -0.3 is 10.1 Å². The lowest BCUT2D eigenvalue weighted by molar-refractivity contribution is -0.125. The number of nitrogens with zero attached hydrogens (tertiary/aromatic N) is 1. The average Bonchev–Trinajstić information content (AvgIpc) is 2.92. The molecular weight excluding hydrogens is 304 g/mol. The van der Waals surface area contributed by atoms with Gasteiger partial charge in [0.1, 0.15) is 0 Å². The molecule has 22 heavy (non-hydrogen) atoms. The first-order valence-corrected chi connectivity index (χ1v) is 8.81. The summed E-state index contributed by atoms with van der Waals surface area (Å²) in [6, 6.07) is 9.06. The largest absolute Gasteiger partial charge is 0.384 e. The van der Waals surface area contributed by atoms with Gasteiger partial charge in [-0.3, -0.25) is 4.79 Å². The highest BCUT2D eigenvalue weighted by Gasteiger charge is 2.41. The molecule has 2 atom stereocenters. The van der Waals surface area contributed by atoms with Crippen LogP contribution in [0.4, 0.5) is 0 Å². The minimum Gasteiger partial charge on any atom is -0.384 e. The quantitative estimate of drug-likeness (QED) is 0.824. The van der Waals surface area contributed by atoms with E-state index in [4.69, 9.17) is 4.74 Å². The molecule has 1 aromatic carbocycles. The summed E-state index contributed by atoms with van der Waals surface area (Å²) in [6.07, 6.45) is 0. The predicted molar refractivity (Wildman–Crippen MR) is 83.6 cm³/mol. The number of carbonyl (C=O) groups is 1. The van der Waals surface area contributed by atoms with Crippen molar-refractivity contribution in [1.29, 1.82) is 0 Å². The Bertz CT molecular complexity index is 603. The molecule has 0 saturated carbocycles. The Kier molecular flexibility index (Phi) is 5.55. The molecule has 0 aliphatic carbocycles. The zero-order valence-electron chi connectivity index (χ0n) is 12.9. The third-order valence-corrected chi connectivity index (χ3v) is 5.74. The van der Waals surface area contributed by atoms with Crippen LogP contribution in [0.25, 0.3) is 0 Å². The number of carbonyl (C=O) groups excluding carboxylic acids is 1. The fourth-order valence-corrected chi connectivity index (χ4v) is 4.40. The zero-order valence-corrected chi connectivity index (χ0v) is 13.7. The SMILES string of the molecule is CNC(=O)[C@@H]1CN(S(=O)(=O)Cc2ccccc2)C[C@H]1COC. The van der Waals surface area contributed by atoms with Gasteiger partial charge >= 0.3 is 0 Å². The molecule has 1 aliphatic heterocycles. The highest BCUT2D eigenvalue weighted by Crippen LogP contribution is 2.27. The normalized spacial score (nSPS) is 22.6. The molecule has 1 aromatic rings. The molecule has 1 aliphatic rings. The summed E-state index contributed by atoms with van der Waals surface area (Å²) in [7, 11) is -0.321. The smallest absolute Gasteiger partial charge is 0.224 e. The lowest BCUT2D eigenvalue weighted by Gasteiger charge is -2.16. The molecule has 2 rings (SSSR count). The van der Waals surface area contributed by atoms with Crippen LogP contribution in [-0.4, -0.2) is 52.5 Å². The molecule has 0 radical (unpaired) electrons. The number of sulfonamides is 1. The number of methoxy groups -OCH3 is 1. The van der Waals surface area contributed by atoms with Crippen molar-refractivity contribution in [3.05, 3.63) is 35.9 Å². The van der Waals surface area contributed by atoms with Gasteiger partial charge in [-0.1, -0.05) is 30.3 Å². The molecule has 1 heterocycles. The van der Waals surface area contributed by atoms with E-state index in [-0.39, 0.29) is 30.0 Å². The Morgan fingerprint density at radius 3 is 2.59 bits per heavy atom. The summed E-state index contributed by atoms with van der Waals surface area (Å²) in [5, 5.41) is 2.60. The number of benzene rings is 1. The predicted octanol–water partition coefficient (Wildman–Crippen LogP) is 0.457. The molecule has 1 amide bonds. The van der Waals surface area contributed by atoms with Gasteiger partial charge in [0.25, 0.3) is 0 Å². The Hall–Kier alpha value is -1.44. The van der Waals surface area contributed by atoms with Crippen LogP contribution in [0.1, 0.15) is 5.56 Å². The van der Waals surface area contributed by atoms with Crippen LogP contribution < -0.4 is 5.32 Å². The summed E-state index contributed by atoms with van der Waals surface area (Å²) in [5.74, 6) is -0.668. The van der Waals surface area contributed by atoms with Gasteiger partial charge in [0.2, 0.25) is 15.9 Å². The monoisotopic (exact) mass is 326 g/mol.